The molecule has 1 aliphatic heterocycles. The predicted octanol–water partition coefficient (Wildman–Crippen LogP) is 3.68. The number of hydrogen-bond acceptors (Lipinski definition) is 3. The highest BCUT2D eigenvalue weighted by Crippen LogP contribution is 2.40. The quantitative estimate of drug-likeness (QED) is 0.718. The number of nitrogens with one attached hydrogen (secondary N) is 2. The molecule has 110 valence electrons. The van der Waals surface area contributed by atoms with Gasteiger partial charge >= 0.3 is 0 Å². The molecule has 22 heavy (non-hydrogen) atoms. The largest absolute Gasteiger partial charge is 0.467 e. The molecule has 0 amide bonds. The van der Waals surface area contributed by atoms with Gasteiger partial charge < -0.3 is 9.40 Å². The second-order valence-corrected chi connectivity index (χ2v) is 6.29. The Labute approximate surface area is 128 Å². The molecule has 0 spiro atoms. The summed E-state index contributed by atoms with van der Waals surface area (Å²) in [4.78, 5) is 3.58. The molecule has 1 aromatic carbocycles. The third-order valence-electron chi connectivity index (χ3n) is 4.95. The maximum atomic E-state index is 5.58. The monoisotopic (exact) mass is 291 g/mol. The lowest BCUT2D eigenvalue weighted by atomic mass is 9.81. The molecular formula is C18H17N3O. The fourth-order valence-electron chi connectivity index (χ4n) is 3.88. The number of hydrazone groups is 1. The zero-order valence-electron chi connectivity index (χ0n) is 12.4. The van der Waals surface area contributed by atoms with Gasteiger partial charge in [0, 0.05) is 16.8 Å². The van der Waals surface area contributed by atoms with Crippen molar-refractivity contribution >= 4 is 16.6 Å². The molecule has 1 aliphatic carbocycles. The summed E-state index contributed by atoms with van der Waals surface area (Å²) in [6.07, 6.45) is 3.92. The van der Waals surface area contributed by atoms with Gasteiger partial charge in [-0.15, -0.1) is 0 Å². The van der Waals surface area contributed by atoms with Crippen molar-refractivity contribution in [3.8, 4) is 0 Å². The number of benzene rings is 1. The summed E-state index contributed by atoms with van der Waals surface area (Å²) < 4.78 is 5.58. The van der Waals surface area contributed by atoms with Crippen LogP contribution in [0.15, 0.2) is 46.1 Å². The summed E-state index contributed by atoms with van der Waals surface area (Å²) in [5, 5.41) is 5.97. The van der Waals surface area contributed by atoms with E-state index in [0.717, 1.165) is 24.3 Å². The highest BCUT2D eigenvalue weighted by Gasteiger charge is 2.39. The molecule has 0 saturated carbocycles. The van der Waals surface area contributed by atoms with Gasteiger partial charge in [-0.25, -0.2) is 0 Å². The van der Waals surface area contributed by atoms with Gasteiger partial charge in [0.05, 0.1) is 17.7 Å². The summed E-state index contributed by atoms with van der Waals surface area (Å²) in [5.41, 5.74) is 9.55. The van der Waals surface area contributed by atoms with Crippen molar-refractivity contribution in [2.45, 2.75) is 25.8 Å². The number of aromatic nitrogens is 1. The zero-order chi connectivity index (χ0) is 14.7. The molecule has 0 radical (unpaired) electrons. The van der Waals surface area contributed by atoms with E-state index >= 15 is 0 Å². The Bertz CT molecular complexity index is 889. The van der Waals surface area contributed by atoms with E-state index in [-0.39, 0.29) is 6.04 Å². The van der Waals surface area contributed by atoms with Gasteiger partial charge in [0.25, 0.3) is 0 Å². The zero-order valence-corrected chi connectivity index (χ0v) is 12.4. The lowest BCUT2D eigenvalue weighted by Gasteiger charge is -2.23. The van der Waals surface area contributed by atoms with Crippen LogP contribution in [0.3, 0.4) is 0 Å². The second kappa shape index (κ2) is 4.26. The number of nitrogens with zero attached hydrogens (tertiary/aromatic N) is 1. The Kier molecular flexibility index (Phi) is 2.34. The minimum Gasteiger partial charge on any atom is -0.467 e. The van der Waals surface area contributed by atoms with Crippen molar-refractivity contribution in [2.75, 3.05) is 0 Å². The van der Waals surface area contributed by atoms with Gasteiger partial charge in [0.1, 0.15) is 11.8 Å². The van der Waals surface area contributed by atoms with E-state index in [1.807, 2.05) is 12.1 Å². The smallest absolute Gasteiger partial charge is 0.128 e. The summed E-state index contributed by atoms with van der Waals surface area (Å²) in [5.74, 6) is 1.35. The van der Waals surface area contributed by atoms with E-state index < -0.39 is 0 Å². The molecule has 4 nitrogen and oxygen atoms in total. The first-order chi connectivity index (χ1) is 10.8. The molecular weight excluding hydrogens is 274 g/mol. The Morgan fingerprint density at radius 2 is 2.23 bits per heavy atom. The minimum absolute atomic E-state index is 0.159. The molecule has 0 fully saturated rings. The molecule has 0 bridgehead atoms. The van der Waals surface area contributed by atoms with Crippen LogP contribution in [0.25, 0.3) is 10.9 Å². The van der Waals surface area contributed by atoms with Gasteiger partial charge in [0.2, 0.25) is 0 Å². The summed E-state index contributed by atoms with van der Waals surface area (Å²) in [6.45, 7) is 2.14. The van der Waals surface area contributed by atoms with Crippen LogP contribution >= 0.6 is 0 Å². The first-order valence-corrected chi connectivity index (χ1v) is 7.79. The minimum atomic E-state index is 0.159. The van der Waals surface area contributed by atoms with Crippen molar-refractivity contribution < 1.29 is 4.42 Å². The number of rotatable bonds is 1. The van der Waals surface area contributed by atoms with Crippen molar-refractivity contribution in [2.24, 2.45) is 11.0 Å². The fourth-order valence-corrected chi connectivity index (χ4v) is 3.88. The Balaban J connectivity index is 1.62. The maximum Gasteiger partial charge on any atom is 0.128 e. The molecule has 0 unspecified atom stereocenters. The van der Waals surface area contributed by atoms with Gasteiger partial charge in [-0.2, -0.15) is 5.10 Å². The summed E-state index contributed by atoms with van der Waals surface area (Å²) in [7, 11) is 0. The highest BCUT2D eigenvalue weighted by molar-refractivity contribution is 6.08. The number of furan rings is 1. The average molecular weight is 291 g/mol. The van der Waals surface area contributed by atoms with Gasteiger partial charge in [-0.05, 0) is 49.6 Å². The first-order valence-electron chi connectivity index (χ1n) is 7.79. The molecule has 2 N–H and O–H groups in total. The van der Waals surface area contributed by atoms with Crippen molar-refractivity contribution in [1.82, 2.24) is 10.4 Å². The van der Waals surface area contributed by atoms with Crippen molar-refractivity contribution in [3.05, 3.63) is 59.2 Å². The Hall–Kier alpha value is -2.49. The molecule has 4 heteroatoms. The third kappa shape index (κ3) is 1.55. The van der Waals surface area contributed by atoms with E-state index in [2.05, 4.69) is 40.6 Å². The molecule has 3 aromatic rings. The predicted molar refractivity (Wildman–Crippen MR) is 86.0 cm³/mol. The second-order valence-electron chi connectivity index (χ2n) is 6.29. The number of hydrogen-bond donors (Lipinski definition) is 2. The topological polar surface area (TPSA) is 53.3 Å². The molecule has 2 aliphatic rings. The van der Waals surface area contributed by atoms with Crippen LogP contribution in [0.5, 0.6) is 0 Å². The van der Waals surface area contributed by atoms with E-state index in [1.165, 1.54) is 27.7 Å². The van der Waals surface area contributed by atoms with Crippen LogP contribution in [0.4, 0.5) is 0 Å². The van der Waals surface area contributed by atoms with Crippen LogP contribution < -0.4 is 5.43 Å². The first kappa shape index (κ1) is 12.1. The van der Waals surface area contributed by atoms with Crippen LogP contribution in [-0.2, 0) is 6.42 Å². The molecule has 2 aromatic heterocycles. The lowest BCUT2D eigenvalue weighted by Crippen LogP contribution is -2.26. The third-order valence-corrected chi connectivity index (χ3v) is 4.95. The SMILES string of the molecule is Cc1ccc2[nH]c3c(c2c1)CC[C@@H]1C3=NN[C@H]1c1ccco1. The number of aryl methyl sites for hydroxylation is 2. The molecule has 3 heterocycles. The molecule has 0 saturated heterocycles. The van der Waals surface area contributed by atoms with E-state index in [1.54, 1.807) is 6.26 Å². The van der Waals surface area contributed by atoms with Crippen LogP contribution in [-0.4, -0.2) is 10.7 Å². The van der Waals surface area contributed by atoms with Gasteiger partial charge in [-0.3, -0.25) is 5.43 Å². The molecule has 2 atom stereocenters. The van der Waals surface area contributed by atoms with Gasteiger partial charge in [-0.1, -0.05) is 11.6 Å². The standard InChI is InChI=1S/C18H17N3O/c1-10-4-7-14-13(9-10)11-5-6-12-16(15-3-2-8-22-15)20-21-18(12)17(11)19-14/h2-4,7-9,12,16,19-20H,5-6H2,1H3/t12-,16+/m0/s1. The van der Waals surface area contributed by atoms with E-state index in [4.69, 9.17) is 4.42 Å². The van der Waals surface area contributed by atoms with E-state index in [0.29, 0.717) is 5.92 Å². The van der Waals surface area contributed by atoms with Crippen LogP contribution in [0, 0.1) is 12.8 Å². The lowest BCUT2D eigenvalue weighted by molar-refractivity contribution is 0.377. The average Bonchev–Trinajstić information content (AvgIpc) is 3.23. The summed E-state index contributed by atoms with van der Waals surface area (Å²) in [6, 6.07) is 10.7. The number of fused-ring (bicyclic) bond motifs is 5. The van der Waals surface area contributed by atoms with Gasteiger partial charge in [0.15, 0.2) is 0 Å². The highest BCUT2D eigenvalue weighted by atomic mass is 16.3. The normalized spacial score (nSPS) is 23.0. The van der Waals surface area contributed by atoms with Crippen molar-refractivity contribution in [1.29, 1.82) is 0 Å². The summed E-state index contributed by atoms with van der Waals surface area (Å²) >= 11 is 0. The van der Waals surface area contributed by atoms with Crippen LogP contribution in [0.2, 0.25) is 0 Å². The Morgan fingerprint density at radius 3 is 3.09 bits per heavy atom. The number of H-pyrrole nitrogens is 1. The Morgan fingerprint density at radius 1 is 1.27 bits per heavy atom. The maximum absolute atomic E-state index is 5.58. The van der Waals surface area contributed by atoms with E-state index in [9.17, 15) is 0 Å². The van der Waals surface area contributed by atoms with Crippen molar-refractivity contribution in [3.63, 3.8) is 0 Å². The molecule has 5 rings (SSSR count). The van der Waals surface area contributed by atoms with Crippen LogP contribution in [0.1, 0.15) is 35.0 Å². The fraction of sp³-hybridized carbons (Fsp3) is 0.278. The number of aromatic amines is 1.